The van der Waals surface area contributed by atoms with Gasteiger partial charge in [-0.2, -0.15) is 0 Å². The van der Waals surface area contributed by atoms with Crippen molar-refractivity contribution in [2.75, 3.05) is 31.2 Å². The summed E-state index contributed by atoms with van der Waals surface area (Å²) in [7, 11) is 0. The molecule has 5 fully saturated rings. The summed E-state index contributed by atoms with van der Waals surface area (Å²) < 4.78 is 5.59. The van der Waals surface area contributed by atoms with Crippen LogP contribution in [0.25, 0.3) is 0 Å². The van der Waals surface area contributed by atoms with E-state index in [2.05, 4.69) is 36.7 Å². The van der Waals surface area contributed by atoms with E-state index in [1.165, 1.54) is 30.6 Å². The fourth-order valence-corrected chi connectivity index (χ4v) is 8.76. The topological polar surface area (TPSA) is 83.6 Å². The molecule has 2 heterocycles. The van der Waals surface area contributed by atoms with Crippen LogP contribution in [0.5, 0.6) is 0 Å². The maximum atomic E-state index is 12.6. The Morgan fingerprint density at radius 2 is 1.93 bits per heavy atom. The van der Waals surface area contributed by atoms with E-state index in [1.54, 1.807) is 5.38 Å². The first-order valence-corrected chi connectivity index (χ1v) is 12.2. The summed E-state index contributed by atoms with van der Waals surface area (Å²) in [5, 5.41) is 2.56. The lowest BCUT2D eigenvalue weighted by molar-refractivity contribution is -0.128. The predicted molar refractivity (Wildman–Crippen MR) is 114 cm³/mol. The van der Waals surface area contributed by atoms with E-state index in [0.29, 0.717) is 25.3 Å². The standard InChI is InChI=1S/C20H27BrN4O3S/c21-20-8-13-5-14(9-20)7-19(6-13,12-20)10-16(26)23-24-17(27)15-11-29-18(22-15)25-1-3-28-4-2-25/h11,13-14H,1-10,12H2,(H,23,26)(H,24,27). The monoisotopic (exact) mass is 482 g/mol. The van der Waals surface area contributed by atoms with Gasteiger partial charge < -0.3 is 9.64 Å². The van der Waals surface area contributed by atoms with Crippen molar-refractivity contribution in [3.8, 4) is 0 Å². The number of thiazole rings is 1. The first-order chi connectivity index (χ1) is 13.9. The van der Waals surface area contributed by atoms with Gasteiger partial charge in [0.15, 0.2) is 5.13 Å². The number of nitrogens with one attached hydrogen (secondary N) is 2. The lowest BCUT2D eigenvalue weighted by Gasteiger charge is -2.60. The van der Waals surface area contributed by atoms with Gasteiger partial charge in [-0.15, -0.1) is 11.3 Å². The average molecular weight is 483 g/mol. The van der Waals surface area contributed by atoms with Crippen LogP contribution in [0, 0.1) is 17.3 Å². The Balaban J connectivity index is 1.15. The van der Waals surface area contributed by atoms with Crippen LogP contribution in [0.1, 0.15) is 55.4 Å². The van der Waals surface area contributed by atoms with Gasteiger partial charge in [-0.3, -0.25) is 20.4 Å². The van der Waals surface area contributed by atoms with Gasteiger partial charge in [0.1, 0.15) is 5.69 Å². The molecule has 9 heteroatoms. The first-order valence-electron chi connectivity index (χ1n) is 10.5. The van der Waals surface area contributed by atoms with Crippen LogP contribution in [0.4, 0.5) is 5.13 Å². The number of carbonyl (C=O) groups is 2. The number of hydrogen-bond donors (Lipinski definition) is 2. The van der Waals surface area contributed by atoms with Crippen LogP contribution >= 0.6 is 27.3 Å². The molecule has 1 aliphatic heterocycles. The van der Waals surface area contributed by atoms with E-state index in [-0.39, 0.29) is 21.6 Å². The van der Waals surface area contributed by atoms with Crippen LogP contribution in [-0.2, 0) is 9.53 Å². The van der Waals surface area contributed by atoms with Crippen molar-refractivity contribution in [3.63, 3.8) is 0 Å². The number of halogens is 1. The normalized spacial score (nSPS) is 35.6. The van der Waals surface area contributed by atoms with Crippen LogP contribution in [0.3, 0.4) is 0 Å². The van der Waals surface area contributed by atoms with Gasteiger partial charge in [0.25, 0.3) is 5.91 Å². The zero-order chi connectivity index (χ0) is 20.1. The van der Waals surface area contributed by atoms with E-state index in [9.17, 15) is 9.59 Å². The number of morpholine rings is 1. The molecule has 2 N–H and O–H groups in total. The van der Waals surface area contributed by atoms with Gasteiger partial charge in [-0.1, -0.05) is 15.9 Å². The molecule has 2 unspecified atom stereocenters. The highest BCUT2D eigenvalue weighted by Gasteiger charge is 2.57. The Bertz CT molecular complexity index is 795. The van der Waals surface area contributed by atoms with Crippen molar-refractivity contribution in [2.24, 2.45) is 17.3 Å². The molecule has 1 saturated heterocycles. The van der Waals surface area contributed by atoms with Gasteiger partial charge >= 0.3 is 0 Å². The Morgan fingerprint density at radius 1 is 1.21 bits per heavy atom. The van der Waals surface area contributed by atoms with E-state index in [1.807, 2.05) is 0 Å². The SMILES string of the molecule is O=C(CC12CC3CC(CC(Br)(C3)C1)C2)NNC(=O)c1csc(N2CCOCC2)n1. The smallest absolute Gasteiger partial charge is 0.289 e. The quantitative estimate of drug-likeness (QED) is 0.509. The number of ether oxygens (including phenoxy) is 1. The number of alkyl halides is 1. The third kappa shape index (κ3) is 4.05. The molecule has 29 heavy (non-hydrogen) atoms. The summed E-state index contributed by atoms with van der Waals surface area (Å²) in [6.07, 6.45) is 7.67. The number of amides is 2. The number of nitrogens with zero attached hydrogens (tertiary/aromatic N) is 2. The second-order valence-corrected chi connectivity index (χ2v) is 11.9. The Morgan fingerprint density at radius 3 is 2.62 bits per heavy atom. The molecular weight excluding hydrogens is 456 g/mol. The predicted octanol–water partition coefficient (Wildman–Crippen LogP) is 2.86. The minimum absolute atomic E-state index is 0.0898. The van der Waals surface area contributed by atoms with Crippen molar-refractivity contribution < 1.29 is 14.3 Å². The summed E-state index contributed by atoms with van der Waals surface area (Å²) in [6.45, 7) is 2.92. The van der Waals surface area contributed by atoms with Crippen LogP contribution in [-0.4, -0.2) is 47.4 Å². The van der Waals surface area contributed by atoms with Crippen molar-refractivity contribution in [3.05, 3.63) is 11.1 Å². The Hall–Kier alpha value is -1.19. The molecule has 7 nitrogen and oxygen atoms in total. The zero-order valence-corrected chi connectivity index (χ0v) is 18.8. The number of carbonyl (C=O) groups excluding carboxylic acids is 2. The number of anilines is 1. The third-order valence-electron chi connectivity index (χ3n) is 6.97. The Kier molecular flexibility index (Phi) is 5.11. The molecule has 1 aromatic heterocycles. The van der Waals surface area contributed by atoms with Gasteiger partial charge in [0.05, 0.1) is 13.2 Å². The van der Waals surface area contributed by atoms with Crippen molar-refractivity contribution in [1.29, 1.82) is 0 Å². The summed E-state index contributed by atoms with van der Waals surface area (Å²) in [6, 6.07) is 0. The minimum atomic E-state index is -0.364. The van der Waals surface area contributed by atoms with E-state index >= 15 is 0 Å². The third-order valence-corrected chi connectivity index (χ3v) is 8.80. The molecule has 0 aromatic carbocycles. The number of rotatable bonds is 4. The zero-order valence-electron chi connectivity index (χ0n) is 16.4. The molecular formula is C20H27BrN4O3S. The lowest BCUT2D eigenvalue weighted by Crippen LogP contribution is -2.54. The highest BCUT2D eigenvalue weighted by Crippen LogP contribution is 2.65. The molecule has 5 aliphatic rings. The summed E-state index contributed by atoms with van der Waals surface area (Å²) in [5.74, 6) is 1.02. The van der Waals surface area contributed by atoms with Crippen molar-refractivity contribution >= 4 is 44.2 Å². The maximum Gasteiger partial charge on any atom is 0.289 e. The van der Waals surface area contributed by atoms with Crippen LogP contribution in [0.2, 0.25) is 0 Å². The van der Waals surface area contributed by atoms with Gasteiger partial charge in [-0.25, -0.2) is 4.98 Å². The molecule has 0 spiro atoms. The highest BCUT2D eigenvalue weighted by atomic mass is 79.9. The number of hydrogen-bond acceptors (Lipinski definition) is 6. The summed E-state index contributed by atoms with van der Waals surface area (Å²) >= 11 is 5.43. The summed E-state index contributed by atoms with van der Waals surface area (Å²) in [5.41, 5.74) is 5.62. The molecule has 4 aliphatic carbocycles. The lowest BCUT2D eigenvalue weighted by atomic mass is 9.48. The molecule has 4 bridgehead atoms. The fraction of sp³-hybridized carbons (Fsp3) is 0.750. The number of aromatic nitrogens is 1. The van der Waals surface area contributed by atoms with E-state index < -0.39 is 0 Å². The molecule has 158 valence electrons. The Labute approximate surface area is 183 Å². The van der Waals surface area contributed by atoms with Crippen LogP contribution in [0.15, 0.2) is 5.38 Å². The molecule has 2 atom stereocenters. The first kappa shape index (κ1) is 19.8. The largest absolute Gasteiger partial charge is 0.378 e. The molecule has 0 radical (unpaired) electrons. The average Bonchev–Trinajstić information content (AvgIpc) is 3.15. The number of hydrazine groups is 1. The molecule has 6 rings (SSSR count). The van der Waals surface area contributed by atoms with Crippen molar-refractivity contribution in [1.82, 2.24) is 15.8 Å². The second-order valence-electron chi connectivity index (χ2n) is 9.41. The highest BCUT2D eigenvalue weighted by molar-refractivity contribution is 9.10. The van der Waals surface area contributed by atoms with E-state index in [4.69, 9.17) is 4.74 Å². The van der Waals surface area contributed by atoms with Crippen LogP contribution < -0.4 is 15.8 Å². The maximum absolute atomic E-state index is 12.6. The van der Waals surface area contributed by atoms with E-state index in [0.717, 1.165) is 49.3 Å². The van der Waals surface area contributed by atoms with Crippen molar-refractivity contribution in [2.45, 2.75) is 49.3 Å². The molecule has 1 aromatic rings. The van der Waals surface area contributed by atoms with Gasteiger partial charge in [0, 0.05) is 29.2 Å². The molecule has 4 saturated carbocycles. The van der Waals surface area contributed by atoms with Gasteiger partial charge in [0.2, 0.25) is 5.91 Å². The van der Waals surface area contributed by atoms with Gasteiger partial charge in [-0.05, 0) is 55.8 Å². The summed E-state index contributed by atoms with van der Waals surface area (Å²) in [4.78, 5) is 31.6. The minimum Gasteiger partial charge on any atom is -0.378 e. The fourth-order valence-electron chi connectivity index (χ4n) is 6.39. The molecule has 2 amide bonds. The second kappa shape index (κ2) is 7.50.